The summed E-state index contributed by atoms with van der Waals surface area (Å²) in [7, 11) is 0. The van der Waals surface area contributed by atoms with E-state index in [0.29, 0.717) is 23.8 Å². The van der Waals surface area contributed by atoms with Crippen LogP contribution in [0.5, 0.6) is 5.75 Å². The molecule has 8 nitrogen and oxygen atoms in total. The fourth-order valence-electron chi connectivity index (χ4n) is 6.94. The number of amides is 1. The van der Waals surface area contributed by atoms with E-state index in [4.69, 9.17) is 14.1 Å². The van der Waals surface area contributed by atoms with Crippen molar-refractivity contribution in [1.29, 1.82) is 0 Å². The molecule has 0 fully saturated rings. The highest BCUT2D eigenvalue weighted by Crippen LogP contribution is 2.59. The van der Waals surface area contributed by atoms with E-state index >= 15 is 0 Å². The maximum absolute atomic E-state index is 14.0. The normalized spacial score (nSPS) is 24.0. The second-order valence-corrected chi connectivity index (χ2v) is 12.9. The Hall–Kier alpha value is -4.43. The molecule has 1 aromatic heterocycles. The van der Waals surface area contributed by atoms with Crippen LogP contribution >= 0.6 is 0 Å². The molecule has 4 heterocycles. The lowest BCUT2D eigenvalue weighted by Gasteiger charge is -2.29. The lowest BCUT2D eigenvalue weighted by Crippen LogP contribution is -2.41. The van der Waals surface area contributed by atoms with Crippen LogP contribution in [-0.2, 0) is 21.4 Å². The van der Waals surface area contributed by atoms with E-state index in [1.54, 1.807) is 13.8 Å². The number of rotatable bonds is 6. The molecular weight excluding hydrogens is 554 g/mol. The van der Waals surface area contributed by atoms with Crippen LogP contribution in [0.25, 0.3) is 11.3 Å². The number of aromatic nitrogens is 1. The molecule has 0 saturated heterocycles. The Morgan fingerprint density at radius 2 is 1.75 bits per heavy atom. The molecule has 4 bridgehead atoms. The first-order chi connectivity index (χ1) is 21.2. The largest absolute Gasteiger partial charge is 0.469 e. The summed E-state index contributed by atoms with van der Waals surface area (Å²) in [6, 6.07) is 23.6. The van der Waals surface area contributed by atoms with Crippen LogP contribution in [0.2, 0.25) is 0 Å². The van der Waals surface area contributed by atoms with Gasteiger partial charge in [-0.3, -0.25) is 9.59 Å². The summed E-state index contributed by atoms with van der Waals surface area (Å²) in [5, 5.41) is 17.3. The molecule has 5 atom stereocenters. The van der Waals surface area contributed by atoms with Gasteiger partial charge in [0.2, 0.25) is 11.8 Å². The third-order valence-corrected chi connectivity index (χ3v) is 9.29. The van der Waals surface area contributed by atoms with Crippen LogP contribution < -0.4 is 15.4 Å². The molecule has 1 spiro atoms. The van der Waals surface area contributed by atoms with E-state index in [-0.39, 0.29) is 29.9 Å². The molecule has 226 valence electrons. The number of para-hydroxylation sites is 1. The van der Waals surface area contributed by atoms with Crippen molar-refractivity contribution in [3.63, 3.8) is 0 Å². The molecule has 8 heteroatoms. The van der Waals surface area contributed by atoms with Gasteiger partial charge in [-0.05, 0) is 41.5 Å². The molecule has 0 aliphatic carbocycles. The maximum Gasteiger partial charge on any atom is 0.224 e. The molecule has 3 aliphatic heterocycles. The number of hydrogen-bond acceptors (Lipinski definition) is 7. The molecule has 1 unspecified atom stereocenters. The first kappa shape index (κ1) is 28.3. The summed E-state index contributed by atoms with van der Waals surface area (Å²) >= 11 is 0. The van der Waals surface area contributed by atoms with Crippen molar-refractivity contribution in [1.82, 2.24) is 10.3 Å². The van der Waals surface area contributed by atoms with E-state index in [9.17, 15) is 14.7 Å². The van der Waals surface area contributed by atoms with Gasteiger partial charge >= 0.3 is 0 Å². The molecule has 7 rings (SSSR count). The second-order valence-electron chi connectivity index (χ2n) is 12.9. The monoisotopic (exact) mass is 591 g/mol. The third kappa shape index (κ3) is 4.34. The number of aliphatic hydroxyl groups is 1. The van der Waals surface area contributed by atoms with Gasteiger partial charge in [0.05, 0.1) is 0 Å². The lowest BCUT2D eigenvalue weighted by molar-refractivity contribution is -0.135. The molecule has 3 aliphatic rings. The minimum Gasteiger partial charge on any atom is -0.469 e. The fraction of sp³-hybridized carbons (Fsp3) is 0.361. The first-order valence-electron chi connectivity index (χ1n) is 15.4. The number of fused-ring (bicyclic) bond motifs is 4. The number of oxazole rings is 1. The smallest absolute Gasteiger partial charge is 0.224 e. The topological polar surface area (TPSA) is 114 Å². The number of nitrogens with one attached hydrogen (secondary N) is 2. The summed E-state index contributed by atoms with van der Waals surface area (Å²) in [6.07, 6.45) is -1.37. The quantitative estimate of drug-likeness (QED) is 0.260. The minimum atomic E-state index is -1.13. The van der Waals surface area contributed by atoms with Crippen LogP contribution in [0.4, 0.5) is 5.69 Å². The van der Waals surface area contributed by atoms with Crippen molar-refractivity contribution >= 4 is 17.4 Å². The average Bonchev–Trinajstić information content (AvgIpc) is 3.68. The molecular formula is C36H37N3O5. The molecule has 3 N–H and O–H groups in total. The van der Waals surface area contributed by atoms with Crippen molar-refractivity contribution in [3.8, 4) is 17.0 Å². The zero-order valence-corrected chi connectivity index (χ0v) is 25.3. The molecule has 1 amide bonds. The van der Waals surface area contributed by atoms with Crippen LogP contribution in [0.15, 0.2) is 77.2 Å². The van der Waals surface area contributed by atoms with Gasteiger partial charge in [-0.2, -0.15) is 0 Å². The Morgan fingerprint density at radius 1 is 1.00 bits per heavy atom. The standard InChI is InChI=1S/C36H37N3O5/c1-19(2)29-34-39-30(22-10-6-5-7-11-22)32(44-34)36-24-12-8-9-13-26(24)37-35(36)43-28-15-14-21(17-25(28)36)16-23(33(42)38-29)18-27(40)31(41)20(3)4/h5-15,17,19-20,23,29,31,35,37,41H,16,18H2,1-4H3,(H,38,42)/t23-,29+,31+,35?,36+/m1/s1. The van der Waals surface area contributed by atoms with Gasteiger partial charge in [0.15, 0.2) is 17.8 Å². The number of ether oxygens (including phenoxy) is 1. The van der Waals surface area contributed by atoms with Crippen molar-refractivity contribution < 1.29 is 23.8 Å². The van der Waals surface area contributed by atoms with E-state index < -0.39 is 29.7 Å². The zero-order chi connectivity index (χ0) is 30.7. The summed E-state index contributed by atoms with van der Waals surface area (Å²) in [4.78, 5) is 32.2. The summed E-state index contributed by atoms with van der Waals surface area (Å²) in [5.74, 6) is 0.168. The number of hydrogen-bond donors (Lipinski definition) is 3. The van der Waals surface area contributed by atoms with Crippen LogP contribution in [0.3, 0.4) is 0 Å². The average molecular weight is 592 g/mol. The van der Waals surface area contributed by atoms with Crippen molar-refractivity contribution in [2.45, 2.75) is 64.3 Å². The lowest BCUT2D eigenvalue weighted by atomic mass is 9.72. The zero-order valence-electron chi connectivity index (χ0n) is 25.3. The van der Waals surface area contributed by atoms with Gasteiger partial charge < -0.3 is 24.9 Å². The SMILES string of the molecule is CC(C)[C@H](O)C(=O)C[C@H]1Cc2ccc3c(c2)[C@@]2(c4ccccc4NC2O3)c2oc(nc2-c2ccccc2)[C@H](C(C)C)NC1=O. The van der Waals surface area contributed by atoms with E-state index in [0.717, 1.165) is 33.7 Å². The van der Waals surface area contributed by atoms with Crippen LogP contribution in [0, 0.1) is 17.8 Å². The molecule has 44 heavy (non-hydrogen) atoms. The minimum absolute atomic E-state index is 0.0647. The highest BCUT2D eigenvalue weighted by molar-refractivity contribution is 5.89. The number of carbonyl (C=O) groups excluding carboxylic acids is 2. The molecule has 4 aromatic rings. The van der Waals surface area contributed by atoms with Gasteiger partial charge in [0.25, 0.3) is 0 Å². The summed E-state index contributed by atoms with van der Waals surface area (Å²) in [5.41, 5.74) is 4.53. The number of benzene rings is 3. The van der Waals surface area contributed by atoms with Crippen LogP contribution in [-0.4, -0.2) is 34.1 Å². The van der Waals surface area contributed by atoms with Gasteiger partial charge in [-0.25, -0.2) is 4.98 Å². The first-order valence-corrected chi connectivity index (χ1v) is 15.4. The summed E-state index contributed by atoms with van der Waals surface area (Å²) < 4.78 is 13.5. The highest BCUT2D eigenvalue weighted by atomic mass is 16.5. The van der Waals surface area contributed by atoms with Gasteiger partial charge in [0, 0.05) is 29.2 Å². The van der Waals surface area contributed by atoms with Gasteiger partial charge in [-0.15, -0.1) is 0 Å². The number of Topliss-reactive ketones (excluding diaryl/α,β-unsaturated/α-hetero) is 1. The van der Waals surface area contributed by atoms with Crippen LogP contribution in [0.1, 0.15) is 68.5 Å². The predicted octanol–water partition coefficient (Wildman–Crippen LogP) is 5.78. The number of anilines is 1. The van der Waals surface area contributed by atoms with Crippen molar-refractivity contribution in [2.24, 2.45) is 17.8 Å². The molecule has 0 radical (unpaired) electrons. The molecule has 3 aromatic carbocycles. The number of ketones is 1. The highest BCUT2D eigenvalue weighted by Gasteiger charge is 2.60. The second kappa shape index (κ2) is 10.6. The molecule has 0 saturated carbocycles. The Labute approximate surface area is 256 Å². The van der Waals surface area contributed by atoms with E-state index in [1.807, 2.05) is 74.5 Å². The van der Waals surface area contributed by atoms with Gasteiger partial charge in [-0.1, -0.05) is 88.4 Å². The Bertz CT molecular complexity index is 1750. The Kier molecular flexibility index (Phi) is 6.85. The van der Waals surface area contributed by atoms with Gasteiger partial charge in [0.1, 0.15) is 29.0 Å². The predicted molar refractivity (Wildman–Crippen MR) is 166 cm³/mol. The summed E-state index contributed by atoms with van der Waals surface area (Å²) in [6.45, 7) is 7.62. The number of aliphatic hydroxyl groups excluding tert-OH is 1. The van der Waals surface area contributed by atoms with E-state index in [2.05, 4.69) is 22.8 Å². The Balaban J connectivity index is 1.48. The van der Waals surface area contributed by atoms with Crippen molar-refractivity contribution in [3.05, 3.63) is 101 Å². The third-order valence-electron chi connectivity index (χ3n) is 9.29. The van der Waals surface area contributed by atoms with E-state index in [1.165, 1.54) is 0 Å². The number of nitrogens with zero attached hydrogens (tertiary/aromatic N) is 1. The van der Waals surface area contributed by atoms with Crippen molar-refractivity contribution in [2.75, 3.05) is 5.32 Å². The maximum atomic E-state index is 14.0. The Morgan fingerprint density at radius 3 is 2.50 bits per heavy atom. The number of carbonyl (C=O) groups is 2. The fourth-order valence-corrected chi connectivity index (χ4v) is 6.94.